The number of hydrogen-bond acceptors (Lipinski definition) is 0. The van der Waals surface area contributed by atoms with Crippen molar-refractivity contribution in [3.63, 3.8) is 0 Å². The van der Waals surface area contributed by atoms with Crippen molar-refractivity contribution in [1.82, 2.24) is 0 Å². The van der Waals surface area contributed by atoms with E-state index in [0.29, 0.717) is 11.5 Å². The molecule has 0 amide bonds. The minimum atomic E-state index is -0.806. The zero-order chi connectivity index (χ0) is 20.2. The van der Waals surface area contributed by atoms with Crippen molar-refractivity contribution in [3.05, 3.63) is 71.8 Å². The lowest BCUT2D eigenvalue weighted by molar-refractivity contribution is 0.303. The topological polar surface area (TPSA) is 0 Å². The first-order valence-electron chi connectivity index (χ1n) is 11.1. The summed E-state index contributed by atoms with van der Waals surface area (Å²) in [5.74, 6) is -0.00729. The van der Waals surface area contributed by atoms with E-state index in [1.165, 1.54) is 74.4 Å². The van der Waals surface area contributed by atoms with Gasteiger partial charge in [0.2, 0.25) is 0 Å². The molecule has 0 aromatic heterocycles. The molecule has 0 nitrogen and oxygen atoms in total. The molecule has 2 heteroatoms. The molecule has 1 saturated carbocycles. The second-order valence-corrected chi connectivity index (χ2v) is 8.66. The molecule has 3 aromatic rings. The van der Waals surface area contributed by atoms with E-state index in [2.05, 4.69) is 37.3 Å². The number of rotatable bonds is 6. The van der Waals surface area contributed by atoms with E-state index < -0.39 is 11.6 Å². The lowest BCUT2D eigenvalue weighted by atomic mass is 9.77. The minimum absolute atomic E-state index is 0.674. The molecule has 152 valence electrons. The highest BCUT2D eigenvalue weighted by molar-refractivity contribution is 5.88. The summed E-state index contributed by atoms with van der Waals surface area (Å²) in [5, 5.41) is 2.36. The summed E-state index contributed by atoms with van der Waals surface area (Å²) in [6, 6.07) is 17.0. The Balaban J connectivity index is 1.47. The zero-order valence-corrected chi connectivity index (χ0v) is 17.3. The van der Waals surface area contributed by atoms with Gasteiger partial charge >= 0.3 is 0 Å². The van der Waals surface area contributed by atoms with Crippen LogP contribution in [-0.2, 0) is 0 Å². The van der Waals surface area contributed by atoms with Crippen LogP contribution in [0.3, 0.4) is 0 Å². The smallest absolute Gasteiger partial charge is 0.159 e. The Morgan fingerprint density at radius 2 is 1.41 bits per heavy atom. The van der Waals surface area contributed by atoms with E-state index in [1.807, 2.05) is 6.07 Å². The van der Waals surface area contributed by atoms with E-state index in [9.17, 15) is 8.78 Å². The number of fused-ring (bicyclic) bond motifs is 1. The van der Waals surface area contributed by atoms with E-state index in [0.717, 1.165) is 16.9 Å². The fourth-order valence-electron chi connectivity index (χ4n) is 4.84. The molecule has 1 aliphatic rings. The average Bonchev–Trinajstić information content (AvgIpc) is 2.75. The van der Waals surface area contributed by atoms with Crippen molar-refractivity contribution in [3.8, 4) is 11.1 Å². The quantitative estimate of drug-likeness (QED) is 0.368. The molecule has 4 rings (SSSR count). The fraction of sp³-hybridized carbons (Fsp3) is 0.407. The van der Waals surface area contributed by atoms with Gasteiger partial charge in [-0.25, -0.2) is 8.78 Å². The van der Waals surface area contributed by atoms with Crippen molar-refractivity contribution in [1.29, 1.82) is 0 Å². The van der Waals surface area contributed by atoms with Crippen LogP contribution in [-0.4, -0.2) is 0 Å². The Kier molecular flexibility index (Phi) is 6.28. The normalized spacial score (nSPS) is 19.6. The van der Waals surface area contributed by atoms with Crippen LogP contribution in [0, 0.1) is 17.6 Å². The summed E-state index contributed by atoms with van der Waals surface area (Å²) < 4.78 is 26.8. The highest BCUT2D eigenvalue weighted by atomic mass is 19.2. The second kappa shape index (κ2) is 9.07. The minimum Gasteiger partial charge on any atom is -0.204 e. The van der Waals surface area contributed by atoms with Crippen molar-refractivity contribution in [2.75, 3.05) is 0 Å². The summed E-state index contributed by atoms with van der Waals surface area (Å²) in [6.07, 6.45) is 10.8. The third-order valence-electron chi connectivity index (χ3n) is 6.65. The molecule has 3 aromatic carbocycles. The highest BCUT2D eigenvalue weighted by Gasteiger charge is 2.22. The van der Waals surface area contributed by atoms with Gasteiger partial charge in [-0.15, -0.1) is 0 Å². The molecule has 0 N–H and O–H groups in total. The van der Waals surface area contributed by atoms with Crippen LogP contribution < -0.4 is 0 Å². The third-order valence-corrected chi connectivity index (χ3v) is 6.65. The Morgan fingerprint density at radius 1 is 0.724 bits per heavy atom. The average molecular weight is 393 g/mol. The van der Waals surface area contributed by atoms with Crippen molar-refractivity contribution >= 4 is 10.8 Å². The molecule has 0 heterocycles. The van der Waals surface area contributed by atoms with Gasteiger partial charge in [0, 0.05) is 0 Å². The molecule has 1 fully saturated rings. The van der Waals surface area contributed by atoms with E-state index in [4.69, 9.17) is 0 Å². The molecule has 0 unspecified atom stereocenters. The summed E-state index contributed by atoms with van der Waals surface area (Å²) >= 11 is 0. The van der Waals surface area contributed by atoms with Crippen LogP contribution in [0.5, 0.6) is 0 Å². The molecule has 1 aliphatic carbocycles. The molecule has 29 heavy (non-hydrogen) atoms. The lowest BCUT2D eigenvalue weighted by Crippen LogP contribution is -2.13. The van der Waals surface area contributed by atoms with Gasteiger partial charge < -0.3 is 0 Å². The summed E-state index contributed by atoms with van der Waals surface area (Å²) in [5.41, 5.74) is 3.07. The van der Waals surface area contributed by atoms with Crippen LogP contribution in [0.2, 0.25) is 0 Å². The highest BCUT2D eigenvalue weighted by Crippen LogP contribution is 2.39. The maximum Gasteiger partial charge on any atom is 0.159 e. The molecule has 0 aliphatic heterocycles. The maximum absolute atomic E-state index is 13.6. The summed E-state index contributed by atoms with van der Waals surface area (Å²) in [6.45, 7) is 2.28. The number of hydrogen-bond donors (Lipinski definition) is 0. The van der Waals surface area contributed by atoms with Gasteiger partial charge in [-0.1, -0.05) is 69.0 Å². The molecular formula is C27H30F2. The Hall–Kier alpha value is -2.22. The largest absolute Gasteiger partial charge is 0.204 e. The molecular weight excluding hydrogens is 362 g/mol. The van der Waals surface area contributed by atoms with E-state index in [1.54, 1.807) is 6.07 Å². The van der Waals surface area contributed by atoms with Crippen LogP contribution in [0.4, 0.5) is 8.78 Å². The van der Waals surface area contributed by atoms with Crippen LogP contribution >= 0.6 is 0 Å². The Morgan fingerprint density at radius 3 is 2.17 bits per heavy atom. The summed E-state index contributed by atoms with van der Waals surface area (Å²) in [7, 11) is 0. The van der Waals surface area contributed by atoms with Crippen LogP contribution in [0.25, 0.3) is 21.9 Å². The third kappa shape index (κ3) is 4.69. The van der Waals surface area contributed by atoms with Gasteiger partial charge in [0.15, 0.2) is 11.6 Å². The van der Waals surface area contributed by atoms with E-state index in [-0.39, 0.29) is 0 Å². The van der Waals surface area contributed by atoms with Crippen molar-refractivity contribution < 1.29 is 8.78 Å². The van der Waals surface area contributed by atoms with Gasteiger partial charge in [-0.3, -0.25) is 0 Å². The SMILES string of the molecule is CCCCC[C@H]1CC[C@H](c2ccc3cc(-c4ccc(F)c(F)c4)ccc3c2)CC1. The number of unbranched alkanes of at least 4 members (excludes halogenated alkanes) is 2. The predicted octanol–water partition coefficient (Wildman–Crippen LogP) is 8.64. The molecule has 0 radical (unpaired) electrons. The number of benzene rings is 3. The zero-order valence-electron chi connectivity index (χ0n) is 17.3. The van der Waals surface area contributed by atoms with Gasteiger partial charge in [0.1, 0.15) is 0 Å². The van der Waals surface area contributed by atoms with Gasteiger partial charge in [-0.2, -0.15) is 0 Å². The maximum atomic E-state index is 13.6. The monoisotopic (exact) mass is 392 g/mol. The van der Waals surface area contributed by atoms with Crippen LogP contribution in [0.1, 0.15) is 69.8 Å². The molecule has 0 atom stereocenters. The second-order valence-electron chi connectivity index (χ2n) is 8.66. The van der Waals surface area contributed by atoms with Gasteiger partial charge in [0.25, 0.3) is 0 Å². The molecule has 0 spiro atoms. The molecule has 0 saturated heterocycles. The first-order chi connectivity index (χ1) is 14.1. The van der Waals surface area contributed by atoms with Gasteiger partial charge in [-0.05, 0) is 83.2 Å². The summed E-state index contributed by atoms with van der Waals surface area (Å²) in [4.78, 5) is 0. The predicted molar refractivity (Wildman–Crippen MR) is 118 cm³/mol. The van der Waals surface area contributed by atoms with Crippen molar-refractivity contribution in [2.24, 2.45) is 5.92 Å². The lowest BCUT2D eigenvalue weighted by Gasteiger charge is -2.29. The number of halogens is 2. The standard InChI is InChI=1S/C27H30F2/c1-2-3-4-5-19-6-8-20(9-7-19)21-10-11-23-17-24(13-12-22(23)16-21)25-14-15-26(28)27(29)18-25/h10-20H,2-9H2,1H3/t19-,20-. The van der Waals surface area contributed by atoms with Crippen molar-refractivity contribution in [2.45, 2.75) is 64.2 Å². The Bertz CT molecular complexity index is 967. The van der Waals surface area contributed by atoms with Gasteiger partial charge in [0.05, 0.1) is 0 Å². The van der Waals surface area contributed by atoms with E-state index >= 15 is 0 Å². The first kappa shape index (κ1) is 20.1. The molecule has 0 bridgehead atoms. The Labute approximate surface area is 173 Å². The fourth-order valence-corrected chi connectivity index (χ4v) is 4.84. The first-order valence-corrected chi connectivity index (χ1v) is 11.1. The van der Waals surface area contributed by atoms with Crippen LogP contribution in [0.15, 0.2) is 54.6 Å².